The van der Waals surface area contributed by atoms with Gasteiger partial charge in [-0.3, -0.25) is 14.2 Å². The average molecular weight is 526 g/mol. The zero-order valence-corrected chi connectivity index (χ0v) is 20.5. The molecule has 1 aliphatic rings. The SMILES string of the molecule is CC(C)(C)OC(=O)n1nc(-c2ccc(Cl)c(C(F)(F)F)c2)c2c(=O)n(CC(=O)N3CCCC3)cnc21. The van der Waals surface area contributed by atoms with Gasteiger partial charge in [-0.25, -0.2) is 9.78 Å². The quantitative estimate of drug-likeness (QED) is 0.504. The van der Waals surface area contributed by atoms with Crippen LogP contribution in [0.4, 0.5) is 18.0 Å². The summed E-state index contributed by atoms with van der Waals surface area (Å²) in [7, 11) is 0. The van der Waals surface area contributed by atoms with Gasteiger partial charge in [0.2, 0.25) is 5.91 Å². The number of benzene rings is 1. The van der Waals surface area contributed by atoms with Gasteiger partial charge in [-0.2, -0.15) is 18.3 Å². The Bertz CT molecular complexity index is 1400. The van der Waals surface area contributed by atoms with E-state index in [1.165, 1.54) is 6.07 Å². The molecule has 0 N–H and O–H groups in total. The number of ether oxygens (including phenoxy) is 1. The van der Waals surface area contributed by atoms with E-state index in [-0.39, 0.29) is 34.7 Å². The van der Waals surface area contributed by atoms with Crippen molar-refractivity contribution in [3.8, 4) is 11.3 Å². The molecule has 36 heavy (non-hydrogen) atoms. The molecule has 3 aromatic rings. The van der Waals surface area contributed by atoms with Crippen molar-refractivity contribution in [3.05, 3.63) is 45.5 Å². The number of alkyl halides is 3. The first kappa shape index (κ1) is 25.7. The van der Waals surface area contributed by atoms with Crippen LogP contribution in [0.2, 0.25) is 5.02 Å². The molecule has 9 nitrogen and oxygen atoms in total. The molecule has 0 saturated carbocycles. The van der Waals surface area contributed by atoms with E-state index < -0.39 is 34.0 Å². The number of likely N-dealkylation sites (tertiary alicyclic amines) is 1. The Morgan fingerprint density at radius 2 is 1.81 bits per heavy atom. The van der Waals surface area contributed by atoms with Crippen molar-refractivity contribution in [2.45, 2.75) is 51.9 Å². The van der Waals surface area contributed by atoms with Crippen LogP contribution >= 0.6 is 11.6 Å². The molecule has 0 radical (unpaired) electrons. The van der Waals surface area contributed by atoms with Crippen molar-refractivity contribution in [2.24, 2.45) is 0 Å². The van der Waals surface area contributed by atoms with Gasteiger partial charge < -0.3 is 9.64 Å². The van der Waals surface area contributed by atoms with Crippen LogP contribution in [0.1, 0.15) is 39.2 Å². The van der Waals surface area contributed by atoms with E-state index in [1.807, 2.05) is 0 Å². The highest BCUT2D eigenvalue weighted by atomic mass is 35.5. The second kappa shape index (κ2) is 9.23. The lowest BCUT2D eigenvalue weighted by atomic mass is 10.1. The number of fused-ring (bicyclic) bond motifs is 1. The Morgan fingerprint density at radius 1 is 1.14 bits per heavy atom. The predicted molar refractivity (Wildman–Crippen MR) is 125 cm³/mol. The third-order valence-electron chi connectivity index (χ3n) is 5.53. The van der Waals surface area contributed by atoms with Crippen molar-refractivity contribution in [3.63, 3.8) is 0 Å². The number of rotatable bonds is 3. The van der Waals surface area contributed by atoms with Gasteiger partial charge in [0.1, 0.15) is 29.6 Å². The summed E-state index contributed by atoms with van der Waals surface area (Å²) >= 11 is 5.75. The maximum absolute atomic E-state index is 13.5. The van der Waals surface area contributed by atoms with Crippen LogP contribution in [-0.4, -0.2) is 54.9 Å². The Morgan fingerprint density at radius 3 is 2.42 bits per heavy atom. The largest absolute Gasteiger partial charge is 0.442 e. The van der Waals surface area contributed by atoms with Crippen molar-refractivity contribution < 1.29 is 27.5 Å². The van der Waals surface area contributed by atoms with Crippen molar-refractivity contribution >= 4 is 34.6 Å². The minimum Gasteiger partial charge on any atom is -0.442 e. The summed E-state index contributed by atoms with van der Waals surface area (Å²) in [4.78, 5) is 44.7. The van der Waals surface area contributed by atoms with E-state index in [1.54, 1.807) is 25.7 Å². The first-order chi connectivity index (χ1) is 16.8. The fourth-order valence-electron chi connectivity index (χ4n) is 3.89. The highest BCUT2D eigenvalue weighted by Crippen LogP contribution is 2.38. The van der Waals surface area contributed by atoms with Crippen LogP contribution in [0.5, 0.6) is 0 Å². The van der Waals surface area contributed by atoms with Crippen LogP contribution < -0.4 is 5.56 Å². The highest BCUT2D eigenvalue weighted by Gasteiger charge is 2.34. The van der Waals surface area contributed by atoms with Gasteiger partial charge in [0.15, 0.2) is 5.65 Å². The second-order valence-corrected chi connectivity index (χ2v) is 9.80. The van der Waals surface area contributed by atoms with Gasteiger partial charge >= 0.3 is 12.3 Å². The van der Waals surface area contributed by atoms with Gasteiger partial charge in [-0.1, -0.05) is 17.7 Å². The molecule has 0 spiro atoms. The molecule has 1 fully saturated rings. The lowest BCUT2D eigenvalue weighted by Crippen LogP contribution is -2.34. The molecule has 1 amide bonds. The van der Waals surface area contributed by atoms with Crippen LogP contribution in [-0.2, 0) is 22.3 Å². The molecule has 1 aromatic carbocycles. The third-order valence-corrected chi connectivity index (χ3v) is 5.86. The van der Waals surface area contributed by atoms with E-state index >= 15 is 0 Å². The smallest absolute Gasteiger partial charge is 0.437 e. The summed E-state index contributed by atoms with van der Waals surface area (Å²) in [5, 5.41) is 3.35. The highest BCUT2D eigenvalue weighted by molar-refractivity contribution is 6.31. The third kappa shape index (κ3) is 5.08. The van der Waals surface area contributed by atoms with Gasteiger partial charge in [0.05, 0.1) is 10.6 Å². The average Bonchev–Trinajstić information content (AvgIpc) is 3.43. The molecule has 1 aliphatic heterocycles. The Kier molecular flexibility index (Phi) is 6.58. The normalized spacial score (nSPS) is 14.5. The monoisotopic (exact) mass is 525 g/mol. The standard InChI is InChI=1S/C23H23ClF3N5O4/c1-22(2,3)36-21(35)32-19-17(18(29-32)13-6-7-15(24)14(10-13)23(25,26)27)20(34)31(12-28-19)11-16(33)30-8-4-5-9-30/h6-7,10,12H,4-5,8-9,11H2,1-3H3. The lowest BCUT2D eigenvalue weighted by molar-refractivity contribution is -0.137. The zero-order chi connectivity index (χ0) is 26.4. The summed E-state index contributed by atoms with van der Waals surface area (Å²) in [5.74, 6) is -0.289. The molecular weight excluding hydrogens is 503 g/mol. The molecule has 192 valence electrons. The van der Waals surface area contributed by atoms with Gasteiger partial charge in [0, 0.05) is 18.7 Å². The fourth-order valence-corrected chi connectivity index (χ4v) is 4.12. The van der Waals surface area contributed by atoms with Crippen LogP contribution in [0.25, 0.3) is 22.3 Å². The Hall–Kier alpha value is -3.41. The number of amides is 1. The molecule has 0 bridgehead atoms. The predicted octanol–water partition coefficient (Wildman–Crippen LogP) is 4.34. The summed E-state index contributed by atoms with van der Waals surface area (Å²) in [6.45, 7) is 5.71. The summed E-state index contributed by atoms with van der Waals surface area (Å²) in [6.07, 6.45) is -2.90. The van der Waals surface area contributed by atoms with Gasteiger partial charge in [0.25, 0.3) is 5.56 Å². The molecular formula is C23H23ClF3N5O4. The van der Waals surface area contributed by atoms with Gasteiger partial charge in [-0.05, 0) is 45.7 Å². The number of hydrogen-bond donors (Lipinski definition) is 0. The summed E-state index contributed by atoms with van der Waals surface area (Å²) in [6, 6.07) is 3.03. The second-order valence-electron chi connectivity index (χ2n) is 9.40. The number of aromatic nitrogens is 4. The van der Waals surface area contributed by atoms with E-state index in [9.17, 15) is 27.6 Å². The van der Waals surface area contributed by atoms with Crippen LogP contribution in [0.3, 0.4) is 0 Å². The van der Waals surface area contributed by atoms with E-state index in [0.717, 1.165) is 40.6 Å². The minimum atomic E-state index is -4.77. The molecule has 4 rings (SSSR count). The first-order valence-corrected chi connectivity index (χ1v) is 11.5. The molecule has 1 saturated heterocycles. The summed E-state index contributed by atoms with van der Waals surface area (Å²) < 4.78 is 47.6. The number of nitrogens with zero attached hydrogens (tertiary/aromatic N) is 5. The molecule has 0 aliphatic carbocycles. The molecule has 3 heterocycles. The number of carbonyl (C=O) groups is 2. The van der Waals surface area contributed by atoms with Crippen molar-refractivity contribution in [1.29, 1.82) is 0 Å². The van der Waals surface area contributed by atoms with Crippen LogP contribution in [0, 0.1) is 0 Å². The maximum atomic E-state index is 13.5. The number of halogens is 4. The topological polar surface area (TPSA) is 99.3 Å². The van der Waals surface area contributed by atoms with Gasteiger partial charge in [-0.15, -0.1) is 4.68 Å². The Labute approximate surface area is 208 Å². The number of carbonyl (C=O) groups excluding carboxylic acids is 2. The number of hydrogen-bond acceptors (Lipinski definition) is 6. The molecule has 0 atom stereocenters. The van der Waals surface area contributed by atoms with E-state index in [4.69, 9.17) is 16.3 Å². The van der Waals surface area contributed by atoms with E-state index in [2.05, 4.69) is 10.1 Å². The van der Waals surface area contributed by atoms with Crippen molar-refractivity contribution in [1.82, 2.24) is 24.2 Å². The molecule has 13 heteroatoms. The Balaban J connectivity index is 1.90. The summed E-state index contributed by atoms with van der Waals surface area (Å²) in [5.41, 5.74) is -3.33. The minimum absolute atomic E-state index is 0.110. The molecule has 0 unspecified atom stereocenters. The van der Waals surface area contributed by atoms with Crippen molar-refractivity contribution in [2.75, 3.05) is 13.1 Å². The zero-order valence-electron chi connectivity index (χ0n) is 19.7. The fraction of sp³-hybridized carbons (Fsp3) is 0.435. The molecule has 2 aromatic heterocycles. The van der Waals surface area contributed by atoms with Crippen LogP contribution in [0.15, 0.2) is 29.3 Å². The maximum Gasteiger partial charge on any atom is 0.437 e. The first-order valence-electron chi connectivity index (χ1n) is 11.1. The van der Waals surface area contributed by atoms with E-state index in [0.29, 0.717) is 13.1 Å². The lowest BCUT2D eigenvalue weighted by Gasteiger charge is -2.19.